The number of rotatable bonds is 3. The Morgan fingerprint density at radius 1 is 0.810 bits per heavy atom. The van der Waals surface area contributed by atoms with Crippen LogP contribution in [-0.2, 0) is 0 Å². The van der Waals surface area contributed by atoms with Crippen LogP contribution in [-0.4, -0.2) is 14.8 Å². The first kappa shape index (κ1) is 14.3. The van der Waals surface area contributed by atoms with E-state index in [1.54, 1.807) is 6.92 Å². The zero-order valence-corrected chi connectivity index (χ0v) is 11.0. The topological polar surface area (TPSA) is 129 Å². The molecule has 0 aliphatic carbocycles. The monoisotopic (exact) mass is 291 g/mol. The van der Waals surface area contributed by atoms with E-state index < -0.39 is 26.1 Å². The SMILES string of the molecule is Cc1cc2c([N+](=O)[O-])cc([N+](=O)[O-])cc2c([N+](=O)[O-])c1C. The van der Waals surface area contributed by atoms with E-state index in [0.29, 0.717) is 11.1 Å². The second-order valence-electron chi connectivity index (χ2n) is 4.50. The van der Waals surface area contributed by atoms with Gasteiger partial charge >= 0.3 is 0 Å². The maximum absolute atomic E-state index is 11.2. The van der Waals surface area contributed by atoms with Crippen molar-refractivity contribution in [2.24, 2.45) is 0 Å². The molecule has 2 aromatic carbocycles. The summed E-state index contributed by atoms with van der Waals surface area (Å²) in [5.74, 6) is 0. The molecule has 9 nitrogen and oxygen atoms in total. The summed E-state index contributed by atoms with van der Waals surface area (Å²) in [4.78, 5) is 30.9. The molecule has 0 aliphatic rings. The van der Waals surface area contributed by atoms with Crippen molar-refractivity contribution in [2.75, 3.05) is 0 Å². The van der Waals surface area contributed by atoms with Gasteiger partial charge < -0.3 is 0 Å². The highest BCUT2D eigenvalue weighted by Crippen LogP contribution is 2.39. The van der Waals surface area contributed by atoms with Gasteiger partial charge in [0.05, 0.1) is 31.6 Å². The molecule has 0 atom stereocenters. The molecule has 0 aliphatic heterocycles. The fourth-order valence-electron chi connectivity index (χ4n) is 2.18. The van der Waals surface area contributed by atoms with Gasteiger partial charge in [0.1, 0.15) is 0 Å². The lowest BCUT2D eigenvalue weighted by molar-refractivity contribution is -0.393. The third-order valence-electron chi connectivity index (χ3n) is 3.30. The largest absolute Gasteiger partial charge is 0.284 e. The van der Waals surface area contributed by atoms with Crippen LogP contribution in [0.1, 0.15) is 11.1 Å². The molecule has 0 radical (unpaired) electrons. The Morgan fingerprint density at radius 3 is 1.90 bits per heavy atom. The van der Waals surface area contributed by atoms with Gasteiger partial charge in [0.25, 0.3) is 17.1 Å². The maximum Gasteiger partial charge on any atom is 0.284 e. The van der Waals surface area contributed by atoms with Crippen LogP contribution in [0.5, 0.6) is 0 Å². The lowest BCUT2D eigenvalue weighted by Crippen LogP contribution is -1.99. The lowest BCUT2D eigenvalue weighted by Gasteiger charge is -2.07. The molecule has 0 saturated carbocycles. The number of nitrogens with zero attached hydrogens (tertiary/aromatic N) is 3. The first-order valence-corrected chi connectivity index (χ1v) is 5.75. The van der Waals surface area contributed by atoms with Crippen LogP contribution < -0.4 is 0 Å². The van der Waals surface area contributed by atoms with Crippen LogP contribution in [0.3, 0.4) is 0 Å². The number of fused-ring (bicyclic) bond motifs is 1. The van der Waals surface area contributed by atoms with Gasteiger partial charge in [0.15, 0.2) is 0 Å². The van der Waals surface area contributed by atoms with Crippen molar-refractivity contribution in [3.63, 3.8) is 0 Å². The predicted octanol–water partition coefficient (Wildman–Crippen LogP) is 3.18. The first-order valence-electron chi connectivity index (χ1n) is 5.75. The van der Waals surface area contributed by atoms with E-state index in [1.807, 2.05) is 0 Å². The average molecular weight is 291 g/mol. The standard InChI is InChI=1S/C12H9N3O6/c1-6-3-9-10(12(7(6)2)15(20)21)4-8(13(16)17)5-11(9)14(18)19/h3-5H,1-2H3. The smallest absolute Gasteiger partial charge is 0.258 e. The van der Waals surface area contributed by atoms with E-state index in [2.05, 4.69) is 0 Å². The second-order valence-corrected chi connectivity index (χ2v) is 4.50. The Hall–Kier alpha value is -3.10. The van der Waals surface area contributed by atoms with Gasteiger partial charge in [-0.25, -0.2) is 0 Å². The lowest BCUT2D eigenvalue weighted by atomic mass is 9.98. The van der Waals surface area contributed by atoms with E-state index in [4.69, 9.17) is 0 Å². The van der Waals surface area contributed by atoms with Crippen molar-refractivity contribution in [3.05, 3.63) is 59.7 Å². The molecule has 9 heteroatoms. The molecule has 0 bridgehead atoms. The molecule has 0 fully saturated rings. The summed E-state index contributed by atoms with van der Waals surface area (Å²) in [6.07, 6.45) is 0. The number of benzene rings is 2. The van der Waals surface area contributed by atoms with E-state index in [0.717, 1.165) is 12.1 Å². The highest BCUT2D eigenvalue weighted by Gasteiger charge is 2.27. The second kappa shape index (κ2) is 4.78. The highest BCUT2D eigenvalue weighted by atomic mass is 16.6. The van der Waals surface area contributed by atoms with Crippen molar-refractivity contribution in [1.29, 1.82) is 0 Å². The molecular formula is C12H9N3O6. The Balaban J connectivity index is 3.08. The summed E-state index contributed by atoms with van der Waals surface area (Å²) in [7, 11) is 0. The molecule has 0 N–H and O–H groups in total. The fraction of sp³-hybridized carbons (Fsp3) is 0.167. The summed E-state index contributed by atoms with van der Waals surface area (Å²) in [6.45, 7) is 3.09. The minimum Gasteiger partial charge on any atom is -0.258 e. The molecule has 0 spiro atoms. The zero-order chi connectivity index (χ0) is 15.9. The highest BCUT2D eigenvalue weighted by molar-refractivity contribution is 6.00. The van der Waals surface area contributed by atoms with Gasteiger partial charge in [-0.1, -0.05) is 0 Å². The molecule has 0 unspecified atom stereocenters. The van der Waals surface area contributed by atoms with Crippen LogP contribution in [0.25, 0.3) is 10.8 Å². The van der Waals surface area contributed by atoms with E-state index in [9.17, 15) is 30.3 Å². The summed E-state index contributed by atoms with van der Waals surface area (Å²) in [5, 5.41) is 33.1. The molecule has 2 rings (SSSR count). The third kappa shape index (κ3) is 2.24. The predicted molar refractivity (Wildman–Crippen MR) is 73.4 cm³/mol. The molecule has 21 heavy (non-hydrogen) atoms. The summed E-state index contributed by atoms with van der Waals surface area (Å²) in [6, 6.07) is 3.23. The molecule has 0 saturated heterocycles. The fourth-order valence-corrected chi connectivity index (χ4v) is 2.18. The molecular weight excluding hydrogens is 282 g/mol. The van der Waals surface area contributed by atoms with E-state index in [-0.39, 0.29) is 16.5 Å². The van der Waals surface area contributed by atoms with Crippen LogP contribution in [0.2, 0.25) is 0 Å². The number of aryl methyl sites for hydroxylation is 1. The van der Waals surface area contributed by atoms with Gasteiger partial charge in [-0.2, -0.15) is 0 Å². The number of nitro groups is 3. The van der Waals surface area contributed by atoms with Gasteiger partial charge in [-0.15, -0.1) is 0 Å². The van der Waals surface area contributed by atoms with Crippen LogP contribution in [0.15, 0.2) is 18.2 Å². The zero-order valence-electron chi connectivity index (χ0n) is 11.0. The van der Waals surface area contributed by atoms with Crippen LogP contribution >= 0.6 is 0 Å². The minimum absolute atomic E-state index is 0.0143. The van der Waals surface area contributed by atoms with Crippen LogP contribution in [0, 0.1) is 44.2 Å². The summed E-state index contributed by atoms with van der Waals surface area (Å²) >= 11 is 0. The van der Waals surface area contributed by atoms with E-state index >= 15 is 0 Å². The van der Waals surface area contributed by atoms with Gasteiger partial charge in [0, 0.05) is 11.6 Å². The van der Waals surface area contributed by atoms with Gasteiger partial charge in [-0.05, 0) is 25.5 Å². The van der Waals surface area contributed by atoms with Gasteiger partial charge in [-0.3, -0.25) is 30.3 Å². The Morgan fingerprint density at radius 2 is 1.43 bits per heavy atom. The molecule has 2 aromatic rings. The quantitative estimate of drug-likeness (QED) is 0.630. The molecule has 0 aromatic heterocycles. The van der Waals surface area contributed by atoms with Crippen LogP contribution in [0.4, 0.5) is 17.1 Å². The van der Waals surface area contributed by atoms with E-state index in [1.165, 1.54) is 13.0 Å². The number of hydrogen-bond donors (Lipinski definition) is 0. The maximum atomic E-state index is 11.2. The Kier molecular flexibility index (Phi) is 3.26. The number of non-ortho nitro benzene ring substituents is 2. The van der Waals surface area contributed by atoms with Crippen molar-refractivity contribution in [1.82, 2.24) is 0 Å². The molecule has 108 valence electrons. The van der Waals surface area contributed by atoms with Gasteiger partial charge in [0.2, 0.25) is 0 Å². The number of nitro benzene ring substituents is 3. The van der Waals surface area contributed by atoms with Crippen molar-refractivity contribution < 1.29 is 14.8 Å². The minimum atomic E-state index is -0.814. The number of hydrogen-bond acceptors (Lipinski definition) is 6. The summed E-state index contributed by atoms with van der Waals surface area (Å²) < 4.78 is 0. The normalized spacial score (nSPS) is 10.6. The summed E-state index contributed by atoms with van der Waals surface area (Å²) in [5.41, 5.74) is -0.601. The van der Waals surface area contributed by atoms with Crippen molar-refractivity contribution in [2.45, 2.75) is 13.8 Å². The average Bonchev–Trinajstić information content (AvgIpc) is 2.38. The Labute approximate surface area is 117 Å². The van der Waals surface area contributed by atoms with Crippen molar-refractivity contribution in [3.8, 4) is 0 Å². The molecule has 0 amide bonds. The third-order valence-corrected chi connectivity index (χ3v) is 3.30. The first-order chi connectivity index (χ1) is 9.73. The Bertz CT molecular complexity index is 814. The molecule has 0 heterocycles. The van der Waals surface area contributed by atoms with Crippen molar-refractivity contribution >= 4 is 27.8 Å².